The predicted molar refractivity (Wildman–Crippen MR) is 462 cm³/mol. The summed E-state index contributed by atoms with van der Waals surface area (Å²) in [4.78, 5) is 132. The first kappa shape index (κ1) is 125. The van der Waals surface area contributed by atoms with Crippen LogP contribution in [0, 0.1) is 0 Å². The van der Waals surface area contributed by atoms with E-state index in [1.54, 1.807) is 0 Å². The smallest absolute Gasteiger partial charge is 0.364 e. The third-order valence-corrected chi connectivity index (χ3v) is 26.6. The van der Waals surface area contributed by atoms with Crippen LogP contribution >= 0.6 is 0 Å². The van der Waals surface area contributed by atoms with Crippen molar-refractivity contribution in [2.45, 2.75) is 391 Å². The highest BCUT2D eigenvalue weighted by Gasteiger charge is 2.66. The lowest BCUT2D eigenvalue weighted by Crippen LogP contribution is -2.72. The second-order valence-electron chi connectivity index (χ2n) is 37.6. The Hall–Kier alpha value is -7.18. The maximum atomic E-state index is 13.8. The second kappa shape index (κ2) is 53.2. The van der Waals surface area contributed by atoms with Gasteiger partial charge in [-0.25, -0.2) is 14.4 Å². The Labute approximate surface area is 847 Å². The van der Waals surface area contributed by atoms with Gasteiger partial charge in [0.25, 0.3) is 17.4 Å². The summed E-state index contributed by atoms with van der Waals surface area (Å²) in [6.45, 7) is -7.40. The van der Waals surface area contributed by atoms with E-state index in [-0.39, 0.29) is 0 Å². The molecule has 53 atom stereocenters. The Morgan fingerprint density at radius 2 is 0.533 bits per heavy atom. The first-order chi connectivity index (χ1) is 70.3. The number of aliphatic hydroxyl groups excluding tert-OH is 28. The molecule has 0 bridgehead atoms. The molecule has 0 aromatic carbocycles. The van der Waals surface area contributed by atoms with Gasteiger partial charge in [-0.2, -0.15) is 0 Å². The molecule has 0 saturated carbocycles. The van der Waals surface area contributed by atoms with Gasteiger partial charge in [0.15, 0.2) is 44.0 Å². The van der Waals surface area contributed by atoms with Gasteiger partial charge in [-0.3, -0.25) is 33.6 Å². The zero-order chi connectivity index (χ0) is 112. The largest absolute Gasteiger partial charge is 0.477 e. The van der Waals surface area contributed by atoms with Crippen molar-refractivity contribution in [2.75, 3.05) is 66.1 Å². The Bertz CT molecular complexity index is 4440. The van der Waals surface area contributed by atoms with Gasteiger partial charge in [0.1, 0.15) is 226 Å². The molecule has 1 unspecified atom stereocenters. The lowest BCUT2D eigenvalue weighted by Gasteiger charge is -2.51. The Morgan fingerprint density at radius 3 is 0.880 bits per heavy atom. The molecule has 10 fully saturated rings. The maximum absolute atomic E-state index is 13.8. The van der Waals surface area contributed by atoms with Gasteiger partial charge in [0.2, 0.25) is 41.4 Å². The molecule has 38 N–H and O–H groups in total. The van der Waals surface area contributed by atoms with Gasteiger partial charge in [0, 0.05) is 67.7 Å². The molecule has 150 heavy (non-hydrogen) atoms. The molecule has 0 aromatic heterocycles. The number of carboxylic acids is 3. The number of hydrogen-bond donors (Lipinski definition) is 38. The number of amides is 7. The van der Waals surface area contributed by atoms with Crippen LogP contribution < -0.4 is 37.2 Å². The zero-order valence-electron chi connectivity index (χ0n) is 80.8. The van der Waals surface area contributed by atoms with Crippen molar-refractivity contribution in [3.05, 3.63) is 0 Å². The van der Waals surface area contributed by atoms with E-state index in [4.69, 9.17) is 90.0 Å². The number of aliphatic carboxylic acids is 3. The van der Waals surface area contributed by atoms with Crippen LogP contribution in [0.1, 0.15) is 67.7 Å². The molecule has 10 rings (SSSR count). The Morgan fingerprint density at radius 1 is 0.273 bits per heavy atom. The number of rotatable bonds is 44. The third kappa shape index (κ3) is 28.3. The van der Waals surface area contributed by atoms with Crippen LogP contribution in [0.3, 0.4) is 0 Å². The summed E-state index contributed by atoms with van der Waals surface area (Å²) in [5.41, 5.74) is 0. The van der Waals surface area contributed by atoms with Gasteiger partial charge in [0.05, 0.1) is 103 Å². The maximum Gasteiger partial charge on any atom is 0.364 e. The Kier molecular flexibility index (Phi) is 44.2. The van der Waals surface area contributed by atoms with Gasteiger partial charge in [-0.05, 0) is 0 Å². The second-order valence-corrected chi connectivity index (χ2v) is 37.6. The van der Waals surface area contributed by atoms with Crippen LogP contribution in [0.25, 0.3) is 0 Å². The third-order valence-electron chi connectivity index (χ3n) is 26.6. The van der Waals surface area contributed by atoms with Crippen LogP contribution in [0.4, 0.5) is 0 Å². The van der Waals surface area contributed by atoms with Gasteiger partial charge >= 0.3 is 17.9 Å². The zero-order valence-corrected chi connectivity index (χ0v) is 80.8. The number of nitrogens with one attached hydrogen (secondary N) is 7. The molecule has 7 amide bonds. The summed E-state index contributed by atoms with van der Waals surface area (Å²) in [5, 5.41) is 366. The summed E-state index contributed by atoms with van der Waals surface area (Å²) in [7, 11) is 0. The summed E-state index contributed by atoms with van der Waals surface area (Å²) in [5.74, 6) is -23.8. The molecule has 10 aliphatic heterocycles. The highest BCUT2D eigenvalue weighted by Crippen LogP contribution is 2.44. The topological polar surface area (TPSA) is 1060 Å². The van der Waals surface area contributed by atoms with Gasteiger partial charge in [-0.15, -0.1) is 0 Å². The number of carbonyl (C=O) groups excluding carboxylic acids is 7. The van der Waals surface area contributed by atoms with Crippen LogP contribution in [-0.2, 0) is 138 Å². The molecule has 0 spiro atoms. The number of aliphatic hydroxyl groups is 28. The molecule has 0 aromatic rings. The van der Waals surface area contributed by atoms with E-state index >= 15 is 0 Å². The van der Waals surface area contributed by atoms with Crippen LogP contribution in [0.5, 0.6) is 0 Å². The Balaban J connectivity index is 1.08. The lowest BCUT2D eigenvalue weighted by atomic mass is 9.88. The molecule has 67 heteroatoms. The van der Waals surface area contributed by atoms with E-state index in [9.17, 15) is 206 Å². The molecule has 0 radical (unpaired) electrons. The van der Waals surface area contributed by atoms with Crippen LogP contribution in [0.2, 0.25) is 0 Å². The highest BCUT2D eigenvalue weighted by atomic mass is 16.8. The number of ether oxygens (including phenoxy) is 19. The summed E-state index contributed by atoms with van der Waals surface area (Å²) < 4.78 is 114. The summed E-state index contributed by atoms with van der Waals surface area (Å²) >= 11 is 0. The standard InChI is InChI=1S/C83H135N7O60/c1-21(97)84-41-28(104)8-81(78(126)127,148-67(41)48(110)31(107)11-91)133-18-38-53(115)64(45(71(125)136-38)88-25(5)101)144-73-44(87-24(4)100)57(119)63(36(16-96)139-73)143-77-62(124)70(147-74-47(90-27(7)103)66(146-76-61(123)59(121)52(114)35(15-95)138-76)55(117)40(141-74)20-135-83(80(130)131)10-30(106)43(86-23(3)99)69(150-83)50(112)33(109)13-93)56(118)37(142-77)17-132-72-46(89-26(6)102)65(145-75-60(122)58(120)51(113)34(14-94)137-75)54(116)39(140-72)19-134-82(79(128)129)9-29(105)42(85-22(2)98)68(149-82)49(111)32(108)12-92/h28-77,91-96,104-125H,8-20H2,1-7H3,(H,84,97)(H,85,98)(H,86,99)(H,87,100)(H,88,101)(H,89,102)(H,90,103)(H,126,127)(H,128,129)(H,130,131)/t28-,29-,30-,31+,32+,33+,34+,35+,36+,37+,38+,39+,40+,41+,42+,43+,44+,45+,46+,47+,48+,49+,50+,51-,52-,53-,54+,55+,56-,57+,58-,59-,60+,61+,62+,63+,64+,65+,66+,67+,68+,69+,70-,71?,72+,73-,74-,75-,76-,77-,81+,82+,83+/m0/s1. The van der Waals surface area contributed by atoms with Crippen molar-refractivity contribution in [3.63, 3.8) is 0 Å². The van der Waals surface area contributed by atoms with Crippen molar-refractivity contribution in [2.24, 2.45) is 0 Å². The molecule has 10 saturated heterocycles. The average Bonchev–Trinajstić information content (AvgIpc) is 0.779. The fraction of sp³-hybridized carbons (Fsp3) is 0.880. The molecular formula is C83H135N7O60. The monoisotopic (exact) mass is 2190 g/mol. The molecule has 67 nitrogen and oxygen atoms in total. The minimum Gasteiger partial charge on any atom is -0.477 e. The van der Waals surface area contributed by atoms with Gasteiger partial charge in [-0.1, -0.05) is 0 Å². The molecule has 0 aliphatic carbocycles. The summed E-state index contributed by atoms with van der Waals surface area (Å²) in [6, 6.07) is -14.4. The number of carboxylic acid groups (broad SMARTS) is 3. The number of carbonyl (C=O) groups is 10. The fourth-order valence-electron chi connectivity index (χ4n) is 18.9. The van der Waals surface area contributed by atoms with Crippen molar-refractivity contribution in [1.82, 2.24) is 37.2 Å². The van der Waals surface area contributed by atoms with E-state index in [1.807, 2.05) is 0 Å². The van der Waals surface area contributed by atoms with E-state index < -0.39 is 468 Å². The first-order valence-electron chi connectivity index (χ1n) is 47.0. The van der Waals surface area contributed by atoms with Crippen molar-refractivity contribution >= 4 is 59.3 Å². The van der Waals surface area contributed by atoms with Crippen molar-refractivity contribution in [1.29, 1.82) is 0 Å². The van der Waals surface area contributed by atoms with E-state index in [2.05, 4.69) is 37.2 Å². The van der Waals surface area contributed by atoms with E-state index in [0.717, 1.165) is 48.5 Å². The van der Waals surface area contributed by atoms with Crippen molar-refractivity contribution in [3.8, 4) is 0 Å². The normalized spacial score (nSPS) is 43.7. The van der Waals surface area contributed by atoms with Crippen LogP contribution in [-0.4, -0.2) is 607 Å². The summed E-state index contributed by atoms with van der Waals surface area (Å²) in [6.07, 6.45) is -106. The molecule has 862 valence electrons. The molecule has 10 aliphatic rings. The quantitative estimate of drug-likeness (QED) is 0.0269. The number of hydrogen-bond acceptors (Lipinski definition) is 57. The van der Waals surface area contributed by atoms with Gasteiger partial charge < -0.3 is 286 Å². The molecular weight excluding hydrogens is 2050 g/mol. The minimum absolute atomic E-state index is 0.772. The predicted octanol–water partition coefficient (Wildman–Crippen LogP) is -24.2. The lowest BCUT2D eigenvalue weighted by molar-refractivity contribution is -0.387. The van der Waals surface area contributed by atoms with E-state index in [0.29, 0.717) is 0 Å². The SMILES string of the molecule is CC(=O)N[C@H]1[C@H](O[C@H]2[C@@H](O)[C@@H](CO[C@]3(C(=O)O)C[C@H](O)[C@@H](NC(C)=O)[C@H]([C@H](O)[C@H](O)CO)O3)OC(O)[C@@H]2NC(C)=O)O[C@H](CO)[C@@H](O[C@@H]2O[C@H](CO[C@@H]3O[C@H](CO[C@]4(C(=O)O)C[C@H](O)[C@@H](NC(C)=O)[C@H]([C@H](O)[C@H](O)CO)O4)[C@@H](O)[C@H](O[C@@H]4O[C@H](CO)[C@H](O)[C@H](O)[C@H]4O)[C@H]3NC(C)=O)[C@H](O)[C@H](O[C@@H]3O[C@H](CO[C@]4(C(=O)O)C[C@H](O)[C@@H](NC(C)=O)[C@H]([C@H](O)[C@H](O)CO)O4)[C@@H](O)[C@H](O[C@@H]4O[C@H](CO)[C@H](O)[C@H](O)[C@H]4O)[C@H]3NC(C)=O)[C@H]2O)[C@@H]1O. The fourth-order valence-corrected chi connectivity index (χ4v) is 18.9. The first-order valence-corrected chi connectivity index (χ1v) is 47.0. The highest BCUT2D eigenvalue weighted by molar-refractivity contribution is 5.79. The molecule has 10 heterocycles. The van der Waals surface area contributed by atoms with Crippen molar-refractivity contribution < 1.29 is 296 Å². The van der Waals surface area contributed by atoms with E-state index in [1.165, 1.54) is 0 Å². The minimum atomic E-state index is -3.39. The average molecular weight is 2190 g/mol. The van der Waals surface area contributed by atoms with Crippen LogP contribution in [0.15, 0.2) is 0 Å².